The zero-order chi connectivity index (χ0) is 16.4. The molecule has 1 amide bonds. The van der Waals surface area contributed by atoms with Gasteiger partial charge < -0.3 is 15.0 Å². The van der Waals surface area contributed by atoms with Crippen LogP contribution in [0.2, 0.25) is 0 Å². The average Bonchev–Trinajstić information content (AvgIpc) is 2.58. The number of carbonyl (C=O) groups is 2. The Morgan fingerprint density at radius 1 is 1.22 bits per heavy atom. The first kappa shape index (κ1) is 15.1. The lowest BCUT2D eigenvalue weighted by atomic mass is 10.1. The minimum Gasteiger partial charge on any atom is -0.465 e. The Morgan fingerprint density at radius 2 is 2.00 bits per heavy atom. The quantitative estimate of drug-likeness (QED) is 0.886. The molecule has 0 bridgehead atoms. The number of carbonyl (C=O) groups excluding carboxylic acids is 2. The van der Waals surface area contributed by atoms with Crippen LogP contribution in [0.25, 0.3) is 0 Å². The number of rotatable bonds is 3. The van der Waals surface area contributed by atoms with Crippen LogP contribution >= 0.6 is 0 Å². The Bertz CT molecular complexity index is 757. The van der Waals surface area contributed by atoms with Crippen molar-refractivity contribution in [3.05, 3.63) is 59.7 Å². The molecule has 0 spiro atoms. The zero-order valence-corrected chi connectivity index (χ0v) is 13.1. The number of fused-ring (bicyclic) bond motifs is 1. The van der Waals surface area contributed by atoms with Crippen LogP contribution < -0.4 is 10.2 Å². The van der Waals surface area contributed by atoms with Crippen LogP contribution in [0, 0.1) is 0 Å². The molecule has 2 aromatic carbocycles. The van der Waals surface area contributed by atoms with E-state index in [1.54, 1.807) is 23.1 Å². The molecule has 2 aromatic rings. The van der Waals surface area contributed by atoms with Crippen molar-refractivity contribution in [2.24, 2.45) is 0 Å². The van der Waals surface area contributed by atoms with Crippen molar-refractivity contribution in [1.82, 2.24) is 0 Å². The number of anilines is 2. The van der Waals surface area contributed by atoms with E-state index in [1.165, 1.54) is 7.11 Å². The van der Waals surface area contributed by atoms with Gasteiger partial charge in [-0.3, -0.25) is 4.79 Å². The Hall–Kier alpha value is -2.82. The molecular formula is C18H18N2O3. The maximum Gasteiger partial charge on any atom is 0.337 e. The normalized spacial score (nSPS) is 16.5. The Morgan fingerprint density at radius 3 is 2.78 bits per heavy atom. The molecule has 0 aliphatic carbocycles. The van der Waals surface area contributed by atoms with Crippen molar-refractivity contribution >= 4 is 23.3 Å². The fourth-order valence-corrected chi connectivity index (χ4v) is 2.74. The molecule has 0 fully saturated rings. The number of nitrogens with one attached hydrogen (secondary N) is 1. The van der Waals surface area contributed by atoms with Gasteiger partial charge in [0.25, 0.3) is 0 Å². The molecule has 1 heterocycles. The summed E-state index contributed by atoms with van der Waals surface area (Å²) in [6.07, 6.45) is 0. The highest BCUT2D eigenvalue weighted by Gasteiger charge is 2.29. The third-order valence-electron chi connectivity index (χ3n) is 3.89. The van der Waals surface area contributed by atoms with E-state index < -0.39 is 0 Å². The summed E-state index contributed by atoms with van der Waals surface area (Å²) in [5.41, 5.74) is 3.14. The molecule has 1 unspecified atom stereocenters. The van der Waals surface area contributed by atoms with E-state index >= 15 is 0 Å². The molecule has 118 valence electrons. The number of amides is 1. The molecule has 0 saturated heterocycles. The molecule has 0 saturated carbocycles. The fraction of sp³-hybridized carbons (Fsp3) is 0.222. The number of nitrogens with zero attached hydrogens (tertiary/aromatic N) is 1. The van der Waals surface area contributed by atoms with Gasteiger partial charge in [0.1, 0.15) is 6.04 Å². The van der Waals surface area contributed by atoms with Gasteiger partial charge in [-0.15, -0.1) is 0 Å². The van der Waals surface area contributed by atoms with Crippen molar-refractivity contribution in [3.8, 4) is 0 Å². The molecule has 1 aliphatic heterocycles. The van der Waals surface area contributed by atoms with Gasteiger partial charge in [-0.25, -0.2) is 4.79 Å². The number of hydrogen-bond donors (Lipinski definition) is 1. The fourth-order valence-electron chi connectivity index (χ4n) is 2.74. The van der Waals surface area contributed by atoms with Crippen molar-refractivity contribution in [1.29, 1.82) is 0 Å². The molecule has 1 N–H and O–H groups in total. The summed E-state index contributed by atoms with van der Waals surface area (Å²) >= 11 is 0. The first-order valence-electron chi connectivity index (χ1n) is 7.44. The third-order valence-corrected chi connectivity index (χ3v) is 3.89. The van der Waals surface area contributed by atoms with E-state index in [0.717, 1.165) is 16.9 Å². The van der Waals surface area contributed by atoms with E-state index in [1.807, 2.05) is 37.3 Å². The number of methoxy groups -OCH3 is 1. The lowest BCUT2D eigenvalue weighted by molar-refractivity contribution is -0.119. The van der Waals surface area contributed by atoms with Crippen LogP contribution in [-0.4, -0.2) is 25.0 Å². The highest BCUT2D eigenvalue weighted by Crippen LogP contribution is 2.32. The van der Waals surface area contributed by atoms with Crippen molar-refractivity contribution in [2.75, 3.05) is 17.3 Å². The van der Waals surface area contributed by atoms with Crippen molar-refractivity contribution in [3.63, 3.8) is 0 Å². The Balaban J connectivity index is 1.93. The van der Waals surface area contributed by atoms with Gasteiger partial charge in [-0.1, -0.05) is 24.3 Å². The summed E-state index contributed by atoms with van der Waals surface area (Å²) in [6.45, 7) is 2.25. The van der Waals surface area contributed by atoms with E-state index in [2.05, 4.69) is 5.32 Å². The Kier molecular flexibility index (Phi) is 4.02. The summed E-state index contributed by atoms with van der Waals surface area (Å²) in [7, 11) is 1.35. The SMILES string of the molecule is COC(=O)c1cccc(CN2C(=O)C(C)Nc3ccccc32)c1. The Labute approximate surface area is 134 Å². The highest BCUT2D eigenvalue weighted by molar-refractivity contribution is 6.04. The molecule has 0 radical (unpaired) electrons. The summed E-state index contributed by atoms with van der Waals surface area (Å²) < 4.78 is 4.75. The summed E-state index contributed by atoms with van der Waals surface area (Å²) in [4.78, 5) is 25.9. The van der Waals surface area contributed by atoms with Gasteiger partial charge in [0.05, 0.1) is 30.6 Å². The summed E-state index contributed by atoms with van der Waals surface area (Å²) in [5, 5.41) is 3.20. The van der Waals surface area contributed by atoms with Crippen LogP contribution in [-0.2, 0) is 16.1 Å². The largest absolute Gasteiger partial charge is 0.465 e. The molecule has 23 heavy (non-hydrogen) atoms. The van der Waals surface area contributed by atoms with Crippen molar-refractivity contribution < 1.29 is 14.3 Å². The van der Waals surface area contributed by atoms with Crippen LogP contribution in [0.1, 0.15) is 22.8 Å². The predicted octanol–water partition coefficient (Wildman–Crippen LogP) is 2.82. The van der Waals surface area contributed by atoms with E-state index in [9.17, 15) is 9.59 Å². The minimum absolute atomic E-state index is 0.00664. The third kappa shape index (κ3) is 2.90. The lowest BCUT2D eigenvalue weighted by Gasteiger charge is -2.34. The molecule has 5 heteroatoms. The minimum atomic E-state index is -0.382. The second-order valence-electron chi connectivity index (χ2n) is 5.50. The van der Waals surface area contributed by atoms with Gasteiger partial charge in [-0.05, 0) is 36.8 Å². The molecule has 3 rings (SSSR count). The zero-order valence-electron chi connectivity index (χ0n) is 13.1. The maximum absolute atomic E-state index is 12.5. The predicted molar refractivity (Wildman–Crippen MR) is 88.5 cm³/mol. The second-order valence-corrected chi connectivity index (χ2v) is 5.50. The van der Waals surface area contributed by atoms with Gasteiger partial charge in [0.15, 0.2) is 0 Å². The first-order valence-corrected chi connectivity index (χ1v) is 7.44. The molecule has 1 atom stereocenters. The summed E-state index contributed by atoms with van der Waals surface area (Å²) in [6, 6.07) is 14.6. The van der Waals surface area contributed by atoms with E-state index in [0.29, 0.717) is 12.1 Å². The molecule has 1 aliphatic rings. The molecule has 0 aromatic heterocycles. The molecular weight excluding hydrogens is 292 g/mol. The number of para-hydroxylation sites is 2. The van der Waals surface area contributed by atoms with Gasteiger partial charge in [0.2, 0.25) is 5.91 Å². The number of benzene rings is 2. The van der Waals surface area contributed by atoms with Crippen LogP contribution in [0.3, 0.4) is 0 Å². The second kappa shape index (κ2) is 6.12. The van der Waals surface area contributed by atoms with Gasteiger partial charge in [-0.2, -0.15) is 0 Å². The van der Waals surface area contributed by atoms with Gasteiger partial charge >= 0.3 is 5.97 Å². The summed E-state index contributed by atoms with van der Waals surface area (Å²) in [5.74, 6) is -0.376. The number of ether oxygens (including phenoxy) is 1. The monoisotopic (exact) mass is 310 g/mol. The van der Waals surface area contributed by atoms with Gasteiger partial charge in [0, 0.05) is 0 Å². The topological polar surface area (TPSA) is 58.6 Å². The molecule has 5 nitrogen and oxygen atoms in total. The van der Waals surface area contributed by atoms with E-state index in [4.69, 9.17) is 4.74 Å². The maximum atomic E-state index is 12.5. The smallest absolute Gasteiger partial charge is 0.337 e. The number of hydrogen-bond acceptors (Lipinski definition) is 4. The van der Waals surface area contributed by atoms with Crippen molar-refractivity contribution in [2.45, 2.75) is 19.5 Å². The number of esters is 1. The highest BCUT2D eigenvalue weighted by atomic mass is 16.5. The average molecular weight is 310 g/mol. The van der Waals surface area contributed by atoms with Crippen LogP contribution in [0.15, 0.2) is 48.5 Å². The van der Waals surface area contributed by atoms with Crippen LogP contribution in [0.5, 0.6) is 0 Å². The standard InChI is InChI=1S/C18H18N2O3/c1-12-17(21)20(16-9-4-3-8-15(16)19-12)11-13-6-5-7-14(10-13)18(22)23-2/h3-10,12,19H,11H2,1-2H3. The lowest BCUT2D eigenvalue weighted by Crippen LogP contribution is -2.45. The first-order chi connectivity index (χ1) is 11.1. The van der Waals surface area contributed by atoms with E-state index in [-0.39, 0.29) is 17.9 Å². The van der Waals surface area contributed by atoms with Crippen LogP contribution in [0.4, 0.5) is 11.4 Å².